The predicted molar refractivity (Wildman–Crippen MR) is 140 cm³/mol. The molecule has 0 bridgehead atoms. The van der Waals surface area contributed by atoms with Gasteiger partial charge in [0.05, 0.1) is 22.7 Å². The number of halogens is 5. The molecule has 0 atom stereocenters. The fourth-order valence-corrected chi connectivity index (χ4v) is 4.66. The van der Waals surface area contributed by atoms with Crippen LogP contribution in [0, 0.1) is 13.8 Å². The highest BCUT2D eigenvalue weighted by Gasteiger charge is 2.34. The van der Waals surface area contributed by atoms with Gasteiger partial charge in [-0.3, -0.25) is 9.36 Å². The third kappa shape index (κ3) is 5.93. The van der Waals surface area contributed by atoms with Crippen molar-refractivity contribution in [3.05, 3.63) is 86.8 Å². The third-order valence-electron chi connectivity index (χ3n) is 5.38. The second-order valence-electron chi connectivity index (χ2n) is 7.94. The summed E-state index contributed by atoms with van der Waals surface area (Å²) in [6.07, 6.45) is -4.61. The molecule has 1 amide bonds. The molecule has 0 unspecified atom stereocenters. The van der Waals surface area contributed by atoms with Gasteiger partial charge in [0.2, 0.25) is 5.91 Å². The van der Waals surface area contributed by atoms with Gasteiger partial charge in [0.25, 0.3) is 0 Å². The molecule has 1 aromatic heterocycles. The average molecular weight is 596 g/mol. The molecule has 0 aliphatic rings. The number of carbonyl (C=O) groups excluding carboxylic acids is 1. The number of aryl methyl sites for hydroxylation is 2. The molecular weight excluding hydrogens is 577 g/mol. The van der Waals surface area contributed by atoms with E-state index in [1.807, 2.05) is 48.7 Å². The summed E-state index contributed by atoms with van der Waals surface area (Å²) in [6, 6.07) is 16.6. The van der Waals surface area contributed by atoms with Crippen LogP contribution >= 0.6 is 39.3 Å². The Kier molecular flexibility index (Phi) is 7.77. The van der Waals surface area contributed by atoms with Crippen molar-refractivity contribution >= 4 is 50.9 Å². The summed E-state index contributed by atoms with van der Waals surface area (Å²) in [5, 5.41) is 12.0. The molecule has 3 aromatic carbocycles. The molecule has 36 heavy (non-hydrogen) atoms. The Labute approximate surface area is 223 Å². The van der Waals surface area contributed by atoms with Gasteiger partial charge in [0, 0.05) is 15.1 Å². The topological polar surface area (TPSA) is 59.8 Å². The molecule has 0 fully saturated rings. The smallest absolute Gasteiger partial charge is 0.325 e. The lowest BCUT2D eigenvalue weighted by Gasteiger charge is -2.14. The lowest BCUT2D eigenvalue weighted by Crippen LogP contribution is -2.18. The number of carbonyl (C=O) groups is 1. The Hall–Kier alpha value is -2.82. The van der Waals surface area contributed by atoms with E-state index >= 15 is 0 Å². The molecule has 0 saturated carbocycles. The van der Waals surface area contributed by atoms with Gasteiger partial charge in [0.15, 0.2) is 11.0 Å². The van der Waals surface area contributed by atoms with Crippen molar-refractivity contribution in [2.75, 3.05) is 11.1 Å². The van der Waals surface area contributed by atoms with Crippen LogP contribution in [0.1, 0.15) is 16.7 Å². The maximum atomic E-state index is 13.4. The van der Waals surface area contributed by atoms with Gasteiger partial charge < -0.3 is 5.32 Å². The minimum atomic E-state index is -4.61. The largest absolute Gasteiger partial charge is 0.418 e. The number of aromatic nitrogens is 3. The number of thioether (sulfide) groups is 1. The minimum absolute atomic E-state index is 0.170. The Bertz CT molecular complexity index is 1420. The Morgan fingerprint density at radius 2 is 1.75 bits per heavy atom. The van der Waals surface area contributed by atoms with Crippen LogP contribution in [0.4, 0.5) is 18.9 Å². The fourth-order valence-electron chi connectivity index (χ4n) is 3.42. The number of alkyl halides is 3. The first-order valence-corrected chi connectivity index (χ1v) is 12.8. The van der Waals surface area contributed by atoms with E-state index in [2.05, 4.69) is 31.4 Å². The number of nitrogens with zero attached hydrogens (tertiary/aromatic N) is 3. The zero-order valence-corrected chi connectivity index (χ0v) is 22.2. The molecule has 4 rings (SSSR count). The number of hydrogen-bond acceptors (Lipinski definition) is 4. The Morgan fingerprint density at radius 3 is 2.42 bits per heavy atom. The van der Waals surface area contributed by atoms with Crippen LogP contribution in [0.2, 0.25) is 5.02 Å². The van der Waals surface area contributed by atoms with Gasteiger partial charge in [-0.25, -0.2) is 0 Å². The average Bonchev–Trinajstić information content (AvgIpc) is 3.24. The van der Waals surface area contributed by atoms with Crippen LogP contribution in [0.5, 0.6) is 0 Å². The van der Waals surface area contributed by atoms with Gasteiger partial charge in [-0.05, 0) is 79.6 Å². The molecule has 1 heterocycles. The highest BCUT2D eigenvalue weighted by atomic mass is 79.9. The predicted octanol–water partition coefficient (Wildman–Crippen LogP) is 7.72. The van der Waals surface area contributed by atoms with E-state index in [1.54, 1.807) is 12.1 Å². The summed E-state index contributed by atoms with van der Waals surface area (Å²) in [4.78, 5) is 12.6. The molecule has 0 aliphatic carbocycles. The van der Waals surface area contributed by atoms with Gasteiger partial charge in [0.1, 0.15) is 0 Å². The number of nitrogens with one attached hydrogen (secondary N) is 1. The lowest BCUT2D eigenvalue weighted by molar-refractivity contribution is -0.137. The van der Waals surface area contributed by atoms with Crippen LogP contribution in [-0.4, -0.2) is 26.4 Å². The summed E-state index contributed by atoms with van der Waals surface area (Å²) < 4.78 is 42.3. The zero-order valence-electron chi connectivity index (χ0n) is 19.0. The summed E-state index contributed by atoms with van der Waals surface area (Å²) in [5.41, 5.74) is 2.50. The summed E-state index contributed by atoms with van der Waals surface area (Å²) in [7, 11) is 0. The van der Waals surface area contributed by atoms with E-state index in [-0.39, 0.29) is 15.9 Å². The molecule has 5 nitrogen and oxygen atoms in total. The first-order valence-electron chi connectivity index (χ1n) is 10.6. The van der Waals surface area contributed by atoms with E-state index in [0.29, 0.717) is 16.0 Å². The van der Waals surface area contributed by atoms with E-state index in [1.165, 1.54) is 12.1 Å². The molecule has 0 saturated heterocycles. The summed E-state index contributed by atoms with van der Waals surface area (Å²) in [5.74, 6) is -0.225. The van der Waals surface area contributed by atoms with Crippen molar-refractivity contribution in [3.63, 3.8) is 0 Å². The van der Waals surface area contributed by atoms with Crippen LogP contribution in [0.3, 0.4) is 0 Å². The Morgan fingerprint density at radius 1 is 1.03 bits per heavy atom. The van der Waals surface area contributed by atoms with E-state index in [0.717, 1.165) is 40.2 Å². The van der Waals surface area contributed by atoms with Crippen molar-refractivity contribution in [2.24, 2.45) is 0 Å². The summed E-state index contributed by atoms with van der Waals surface area (Å²) >= 11 is 10.1. The van der Waals surface area contributed by atoms with Gasteiger partial charge in [-0.1, -0.05) is 45.4 Å². The molecule has 4 aromatic rings. The summed E-state index contributed by atoms with van der Waals surface area (Å²) in [6.45, 7) is 3.99. The first-order chi connectivity index (χ1) is 17.0. The second-order valence-corrected chi connectivity index (χ2v) is 10.2. The van der Waals surface area contributed by atoms with E-state index < -0.39 is 17.6 Å². The maximum Gasteiger partial charge on any atom is 0.418 e. The van der Waals surface area contributed by atoms with Crippen LogP contribution in [-0.2, 0) is 11.0 Å². The number of benzene rings is 3. The highest BCUT2D eigenvalue weighted by molar-refractivity contribution is 9.10. The van der Waals surface area contributed by atoms with Crippen LogP contribution in [0.15, 0.2) is 70.3 Å². The number of hydrogen-bond donors (Lipinski definition) is 1. The molecule has 0 aliphatic heterocycles. The van der Waals surface area contributed by atoms with Gasteiger partial charge in [-0.15, -0.1) is 10.2 Å². The van der Waals surface area contributed by atoms with Crippen LogP contribution < -0.4 is 5.32 Å². The fraction of sp³-hybridized carbons (Fsp3) is 0.160. The quantitative estimate of drug-likeness (QED) is 0.232. The number of rotatable bonds is 6. The molecule has 1 N–H and O–H groups in total. The van der Waals surface area contributed by atoms with Crippen molar-refractivity contribution in [1.29, 1.82) is 0 Å². The maximum absolute atomic E-state index is 13.4. The van der Waals surface area contributed by atoms with Crippen molar-refractivity contribution in [2.45, 2.75) is 25.2 Å². The molecular formula is C25H19BrClF3N4OS. The minimum Gasteiger partial charge on any atom is -0.325 e. The monoisotopic (exact) mass is 594 g/mol. The van der Waals surface area contributed by atoms with E-state index in [4.69, 9.17) is 11.6 Å². The first kappa shape index (κ1) is 26.2. The van der Waals surface area contributed by atoms with Crippen molar-refractivity contribution < 1.29 is 18.0 Å². The van der Waals surface area contributed by atoms with Gasteiger partial charge in [-0.2, -0.15) is 13.2 Å². The number of anilines is 1. The van der Waals surface area contributed by atoms with E-state index in [9.17, 15) is 18.0 Å². The molecule has 0 spiro atoms. The Balaban J connectivity index is 1.62. The highest BCUT2D eigenvalue weighted by Crippen LogP contribution is 2.37. The second kappa shape index (κ2) is 10.7. The molecule has 11 heteroatoms. The van der Waals surface area contributed by atoms with Crippen molar-refractivity contribution in [1.82, 2.24) is 14.8 Å². The zero-order chi connectivity index (χ0) is 26.0. The molecule has 186 valence electrons. The van der Waals surface area contributed by atoms with Crippen LogP contribution in [0.25, 0.3) is 17.1 Å². The normalized spacial score (nSPS) is 11.5. The standard InChI is InChI=1S/C25H19BrClF3N4OS/c1-14-3-9-19(11-15(14)2)34-23(16-4-7-18(27)8-5-16)32-33-24(34)36-13-22(35)31-21-10-6-17(26)12-20(21)25(28,29)30/h3-12H,13H2,1-2H3,(H,31,35). The lowest BCUT2D eigenvalue weighted by atomic mass is 10.1. The third-order valence-corrected chi connectivity index (χ3v) is 7.05. The van der Waals surface area contributed by atoms with Crippen molar-refractivity contribution in [3.8, 4) is 17.1 Å². The SMILES string of the molecule is Cc1ccc(-n2c(SCC(=O)Nc3ccc(Br)cc3C(F)(F)F)nnc2-c2ccc(Cl)cc2)cc1C. The van der Waals surface area contributed by atoms with Gasteiger partial charge >= 0.3 is 6.18 Å². The molecule has 0 radical (unpaired) electrons. The number of amides is 1.